The highest BCUT2D eigenvalue weighted by molar-refractivity contribution is 5.74. The molecule has 0 atom stereocenters. The van der Waals surface area contributed by atoms with Crippen LogP contribution in [0.4, 0.5) is 0 Å². The van der Waals surface area contributed by atoms with Gasteiger partial charge in [-0.05, 0) is 48.9 Å². The SMILES string of the molecule is Cc1cccc(-n2cc(-c3ccccn3)cc(-c3ccccc3C#N)c2=O)c1. The first-order valence-corrected chi connectivity index (χ1v) is 8.92. The van der Waals surface area contributed by atoms with Crippen molar-refractivity contribution in [2.24, 2.45) is 0 Å². The maximum atomic E-state index is 13.4. The molecule has 0 amide bonds. The lowest BCUT2D eigenvalue weighted by Crippen LogP contribution is -2.20. The lowest BCUT2D eigenvalue weighted by molar-refractivity contribution is 0.990. The van der Waals surface area contributed by atoms with Gasteiger partial charge in [0.15, 0.2) is 0 Å². The van der Waals surface area contributed by atoms with Gasteiger partial charge in [-0.3, -0.25) is 14.3 Å². The van der Waals surface area contributed by atoms with Crippen molar-refractivity contribution in [1.82, 2.24) is 9.55 Å². The second-order valence-corrected chi connectivity index (χ2v) is 6.53. The molecule has 2 aromatic carbocycles. The molecule has 4 rings (SSSR count). The number of pyridine rings is 2. The third-order valence-electron chi connectivity index (χ3n) is 4.60. The van der Waals surface area contributed by atoms with E-state index in [2.05, 4.69) is 11.1 Å². The summed E-state index contributed by atoms with van der Waals surface area (Å²) in [6.45, 7) is 1.99. The molecule has 0 N–H and O–H groups in total. The van der Waals surface area contributed by atoms with E-state index in [4.69, 9.17) is 0 Å². The smallest absolute Gasteiger partial charge is 0.263 e. The summed E-state index contributed by atoms with van der Waals surface area (Å²) in [5.74, 6) is 0. The molecule has 0 saturated heterocycles. The predicted octanol–water partition coefficient (Wildman–Crippen LogP) is 4.75. The van der Waals surface area contributed by atoms with Gasteiger partial charge in [0.2, 0.25) is 0 Å². The Balaban J connectivity index is 2.05. The third-order valence-corrected chi connectivity index (χ3v) is 4.60. The molecule has 0 aliphatic heterocycles. The fourth-order valence-electron chi connectivity index (χ4n) is 3.23. The second kappa shape index (κ2) is 7.34. The first kappa shape index (κ1) is 17.4. The van der Waals surface area contributed by atoms with Gasteiger partial charge >= 0.3 is 0 Å². The zero-order chi connectivity index (χ0) is 19.5. The van der Waals surface area contributed by atoms with Crippen molar-refractivity contribution >= 4 is 0 Å². The molecule has 2 aromatic heterocycles. The predicted molar refractivity (Wildman–Crippen MR) is 110 cm³/mol. The van der Waals surface area contributed by atoms with Gasteiger partial charge in [0.05, 0.1) is 17.3 Å². The number of rotatable bonds is 3. The van der Waals surface area contributed by atoms with Crippen molar-refractivity contribution < 1.29 is 0 Å². The number of aromatic nitrogens is 2. The Bertz CT molecular complexity index is 1250. The second-order valence-electron chi connectivity index (χ2n) is 6.53. The van der Waals surface area contributed by atoms with Gasteiger partial charge in [0.1, 0.15) is 0 Å². The largest absolute Gasteiger partial charge is 0.283 e. The molecule has 0 unspecified atom stereocenters. The van der Waals surface area contributed by atoms with E-state index in [1.807, 2.05) is 61.5 Å². The normalized spacial score (nSPS) is 10.4. The van der Waals surface area contributed by atoms with E-state index in [9.17, 15) is 10.1 Å². The first-order chi connectivity index (χ1) is 13.7. The molecule has 2 heterocycles. The number of nitrogens with zero attached hydrogens (tertiary/aromatic N) is 3. The van der Waals surface area contributed by atoms with Crippen molar-refractivity contribution in [2.45, 2.75) is 6.92 Å². The van der Waals surface area contributed by atoms with E-state index < -0.39 is 0 Å². The Hall–Kier alpha value is -3.97. The Morgan fingerprint density at radius 3 is 2.50 bits per heavy atom. The molecule has 4 aromatic rings. The van der Waals surface area contributed by atoms with Crippen LogP contribution < -0.4 is 5.56 Å². The maximum absolute atomic E-state index is 13.4. The van der Waals surface area contributed by atoms with Crippen LogP contribution in [0.3, 0.4) is 0 Å². The number of hydrogen-bond donors (Lipinski definition) is 0. The van der Waals surface area contributed by atoms with Crippen molar-refractivity contribution in [3.05, 3.63) is 107 Å². The Morgan fingerprint density at radius 2 is 1.75 bits per heavy atom. The van der Waals surface area contributed by atoms with Crippen molar-refractivity contribution in [3.63, 3.8) is 0 Å². The molecule has 4 heteroatoms. The molecule has 134 valence electrons. The van der Waals surface area contributed by atoms with E-state index in [0.29, 0.717) is 16.7 Å². The van der Waals surface area contributed by atoms with Crippen LogP contribution in [0, 0.1) is 18.3 Å². The standard InChI is InChI=1S/C24H17N3O/c1-17-7-6-9-20(13-17)27-16-19(23-11-4-5-12-26-23)14-22(24(27)28)21-10-3-2-8-18(21)15-25/h2-14,16H,1H3. The molecule has 0 fully saturated rings. The van der Waals surface area contributed by atoms with E-state index in [-0.39, 0.29) is 5.56 Å². The molecule has 0 aliphatic rings. The zero-order valence-electron chi connectivity index (χ0n) is 15.3. The summed E-state index contributed by atoms with van der Waals surface area (Å²) in [6, 6.07) is 24.6. The van der Waals surface area contributed by atoms with Gasteiger partial charge in [-0.15, -0.1) is 0 Å². The van der Waals surface area contributed by atoms with Gasteiger partial charge in [0.25, 0.3) is 5.56 Å². The molecule has 28 heavy (non-hydrogen) atoms. The summed E-state index contributed by atoms with van der Waals surface area (Å²) in [5, 5.41) is 9.51. The van der Waals surface area contributed by atoms with Crippen LogP contribution in [0.1, 0.15) is 11.1 Å². The molecule has 0 radical (unpaired) electrons. The molecule has 0 bridgehead atoms. The highest BCUT2D eigenvalue weighted by atomic mass is 16.1. The van der Waals surface area contributed by atoms with Crippen LogP contribution in [-0.2, 0) is 0 Å². The summed E-state index contributed by atoms with van der Waals surface area (Å²) in [6.07, 6.45) is 3.53. The molecule has 0 aliphatic carbocycles. The van der Waals surface area contributed by atoms with Crippen molar-refractivity contribution in [2.75, 3.05) is 0 Å². The quantitative estimate of drug-likeness (QED) is 0.528. The lowest BCUT2D eigenvalue weighted by Gasteiger charge is -2.13. The first-order valence-electron chi connectivity index (χ1n) is 8.92. The van der Waals surface area contributed by atoms with Crippen LogP contribution in [-0.4, -0.2) is 9.55 Å². The van der Waals surface area contributed by atoms with Crippen molar-refractivity contribution in [3.8, 4) is 34.1 Å². The Labute approximate surface area is 163 Å². The average molecular weight is 363 g/mol. The average Bonchev–Trinajstić information content (AvgIpc) is 2.74. The molecular formula is C24H17N3O. The van der Waals surface area contributed by atoms with Gasteiger partial charge in [0, 0.05) is 34.8 Å². The summed E-state index contributed by atoms with van der Waals surface area (Å²) >= 11 is 0. The highest BCUT2D eigenvalue weighted by Crippen LogP contribution is 2.26. The van der Waals surface area contributed by atoms with E-state index in [1.54, 1.807) is 35.2 Å². The minimum atomic E-state index is -0.173. The number of benzene rings is 2. The Morgan fingerprint density at radius 1 is 0.929 bits per heavy atom. The van der Waals surface area contributed by atoms with Crippen LogP contribution in [0.25, 0.3) is 28.1 Å². The molecule has 0 spiro atoms. The van der Waals surface area contributed by atoms with Gasteiger partial charge < -0.3 is 0 Å². The van der Waals surface area contributed by atoms with Crippen LogP contribution >= 0.6 is 0 Å². The van der Waals surface area contributed by atoms with Crippen LogP contribution in [0.15, 0.2) is 90.0 Å². The van der Waals surface area contributed by atoms with E-state index in [1.165, 1.54) is 0 Å². The minimum absolute atomic E-state index is 0.173. The topological polar surface area (TPSA) is 58.7 Å². The molecule has 4 nitrogen and oxygen atoms in total. The monoisotopic (exact) mass is 363 g/mol. The lowest BCUT2D eigenvalue weighted by atomic mass is 9.99. The van der Waals surface area contributed by atoms with Crippen LogP contribution in [0.2, 0.25) is 0 Å². The minimum Gasteiger partial charge on any atom is -0.283 e. The Kier molecular flexibility index (Phi) is 4.57. The van der Waals surface area contributed by atoms with E-state index in [0.717, 1.165) is 22.5 Å². The molecular weight excluding hydrogens is 346 g/mol. The zero-order valence-corrected chi connectivity index (χ0v) is 15.3. The highest BCUT2D eigenvalue weighted by Gasteiger charge is 2.14. The van der Waals surface area contributed by atoms with Gasteiger partial charge in [-0.1, -0.05) is 36.4 Å². The fourth-order valence-corrected chi connectivity index (χ4v) is 3.23. The molecule has 0 saturated carbocycles. The summed E-state index contributed by atoms with van der Waals surface area (Å²) < 4.78 is 1.63. The maximum Gasteiger partial charge on any atom is 0.263 e. The summed E-state index contributed by atoms with van der Waals surface area (Å²) in [4.78, 5) is 17.8. The number of nitriles is 1. The number of hydrogen-bond acceptors (Lipinski definition) is 3. The summed E-state index contributed by atoms with van der Waals surface area (Å²) in [5.41, 5.74) is 4.80. The summed E-state index contributed by atoms with van der Waals surface area (Å²) in [7, 11) is 0. The van der Waals surface area contributed by atoms with Gasteiger partial charge in [-0.25, -0.2) is 0 Å². The van der Waals surface area contributed by atoms with Crippen molar-refractivity contribution in [1.29, 1.82) is 5.26 Å². The third kappa shape index (κ3) is 3.22. The number of aryl methyl sites for hydroxylation is 1. The van der Waals surface area contributed by atoms with Crippen LogP contribution in [0.5, 0.6) is 0 Å². The van der Waals surface area contributed by atoms with E-state index >= 15 is 0 Å². The van der Waals surface area contributed by atoms with Gasteiger partial charge in [-0.2, -0.15) is 5.26 Å². The fraction of sp³-hybridized carbons (Fsp3) is 0.0417.